The number of aromatic nitrogens is 2. The molecular weight excluding hydrogens is 392 g/mol. The highest BCUT2D eigenvalue weighted by Crippen LogP contribution is 2.19. The molecular formula is C20H17BrN4O. The molecule has 26 heavy (non-hydrogen) atoms. The largest absolute Gasteiger partial charge is 0.321 e. The minimum atomic E-state index is -0.198. The molecule has 0 aliphatic carbocycles. The zero-order valence-corrected chi connectivity index (χ0v) is 15.8. The first kappa shape index (κ1) is 17.9. The maximum absolute atomic E-state index is 13.0. The SMILES string of the molecule is Cc1c(C(=O)N(CC#N)Cc2ccccc2)cnn1-c1ccc(Br)cc1. The number of halogens is 1. The average molecular weight is 409 g/mol. The molecule has 0 atom stereocenters. The first-order valence-electron chi connectivity index (χ1n) is 8.11. The van der Waals surface area contributed by atoms with Crippen LogP contribution in [0, 0.1) is 18.3 Å². The second-order valence-electron chi connectivity index (χ2n) is 5.84. The highest BCUT2D eigenvalue weighted by molar-refractivity contribution is 9.10. The molecule has 0 unspecified atom stereocenters. The summed E-state index contributed by atoms with van der Waals surface area (Å²) in [5.74, 6) is -0.198. The normalized spacial score (nSPS) is 10.3. The summed E-state index contributed by atoms with van der Waals surface area (Å²) in [7, 11) is 0. The summed E-state index contributed by atoms with van der Waals surface area (Å²) in [6.45, 7) is 2.27. The van der Waals surface area contributed by atoms with E-state index in [1.807, 2.05) is 61.5 Å². The lowest BCUT2D eigenvalue weighted by Gasteiger charge is -2.19. The van der Waals surface area contributed by atoms with Gasteiger partial charge in [0.1, 0.15) is 6.54 Å². The lowest BCUT2D eigenvalue weighted by atomic mass is 10.1. The van der Waals surface area contributed by atoms with E-state index in [9.17, 15) is 4.79 Å². The van der Waals surface area contributed by atoms with Crippen molar-refractivity contribution in [3.8, 4) is 11.8 Å². The van der Waals surface area contributed by atoms with Crippen LogP contribution in [-0.4, -0.2) is 27.1 Å². The number of amides is 1. The van der Waals surface area contributed by atoms with E-state index in [0.29, 0.717) is 12.1 Å². The molecule has 130 valence electrons. The van der Waals surface area contributed by atoms with Crippen molar-refractivity contribution in [2.45, 2.75) is 13.5 Å². The van der Waals surface area contributed by atoms with Crippen molar-refractivity contribution in [3.05, 3.63) is 82.1 Å². The van der Waals surface area contributed by atoms with Gasteiger partial charge in [-0.3, -0.25) is 4.79 Å². The number of hydrogen-bond donors (Lipinski definition) is 0. The Morgan fingerprint density at radius 1 is 1.19 bits per heavy atom. The van der Waals surface area contributed by atoms with Crippen molar-refractivity contribution in [2.24, 2.45) is 0 Å². The van der Waals surface area contributed by atoms with Gasteiger partial charge in [0, 0.05) is 11.0 Å². The highest BCUT2D eigenvalue weighted by Gasteiger charge is 2.21. The number of benzene rings is 2. The summed E-state index contributed by atoms with van der Waals surface area (Å²) >= 11 is 3.41. The molecule has 1 heterocycles. The Balaban J connectivity index is 1.88. The van der Waals surface area contributed by atoms with Crippen molar-refractivity contribution in [2.75, 3.05) is 6.54 Å². The van der Waals surface area contributed by atoms with Gasteiger partial charge in [0.05, 0.1) is 29.2 Å². The van der Waals surface area contributed by atoms with E-state index in [0.717, 1.165) is 21.4 Å². The Hall–Kier alpha value is -2.91. The average Bonchev–Trinajstić information content (AvgIpc) is 3.04. The van der Waals surface area contributed by atoms with Crippen molar-refractivity contribution in [1.29, 1.82) is 5.26 Å². The number of nitrogens with zero attached hydrogens (tertiary/aromatic N) is 4. The Kier molecular flexibility index (Phi) is 5.49. The molecule has 0 aliphatic heterocycles. The van der Waals surface area contributed by atoms with Gasteiger partial charge in [0.25, 0.3) is 5.91 Å². The molecule has 2 aromatic carbocycles. The molecule has 3 rings (SSSR count). The van der Waals surface area contributed by atoms with Gasteiger partial charge in [-0.05, 0) is 36.8 Å². The molecule has 0 bridgehead atoms. The first-order valence-corrected chi connectivity index (χ1v) is 8.90. The Labute approximate surface area is 160 Å². The van der Waals surface area contributed by atoms with Crippen molar-refractivity contribution < 1.29 is 4.79 Å². The molecule has 0 radical (unpaired) electrons. The molecule has 6 heteroatoms. The van der Waals surface area contributed by atoms with E-state index < -0.39 is 0 Å². The van der Waals surface area contributed by atoms with E-state index in [-0.39, 0.29) is 12.5 Å². The maximum Gasteiger partial charge on any atom is 0.258 e. The lowest BCUT2D eigenvalue weighted by molar-refractivity contribution is 0.0764. The fraction of sp³-hybridized carbons (Fsp3) is 0.150. The Bertz CT molecular complexity index is 942. The van der Waals surface area contributed by atoms with Crippen LogP contribution in [0.2, 0.25) is 0 Å². The van der Waals surface area contributed by atoms with E-state index >= 15 is 0 Å². The van der Waals surface area contributed by atoms with Gasteiger partial charge in [-0.1, -0.05) is 46.3 Å². The van der Waals surface area contributed by atoms with Crippen LogP contribution >= 0.6 is 15.9 Å². The third-order valence-electron chi connectivity index (χ3n) is 4.08. The summed E-state index contributed by atoms with van der Waals surface area (Å²) in [4.78, 5) is 14.5. The molecule has 0 saturated heterocycles. The fourth-order valence-electron chi connectivity index (χ4n) is 2.72. The van der Waals surface area contributed by atoms with Crippen LogP contribution in [0.15, 0.2) is 65.3 Å². The van der Waals surface area contributed by atoms with E-state index in [2.05, 4.69) is 27.1 Å². The Morgan fingerprint density at radius 3 is 2.54 bits per heavy atom. The first-order chi connectivity index (χ1) is 12.6. The van der Waals surface area contributed by atoms with Gasteiger partial charge >= 0.3 is 0 Å². The monoisotopic (exact) mass is 408 g/mol. The molecule has 0 saturated carbocycles. The molecule has 0 fully saturated rings. The van der Waals surface area contributed by atoms with Crippen molar-refractivity contribution >= 4 is 21.8 Å². The van der Waals surface area contributed by atoms with Crippen LogP contribution in [0.3, 0.4) is 0 Å². The summed E-state index contributed by atoms with van der Waals surface area (Å²) < 4.78 is 2.71. The molecule has 3 aromatic rings. The van der Waals surface area contributed by atoms with Gasteiger partial charge in [-0.15, -0.1) is 0 Å². The molecule has 1 amide bonds. The Morgan fingerprint density at radius 2 is 1.88 bits per heavy atom. The minimum absolute atomic E-state index is 0.0244. The van der Waals surface area contributed by atoms with Crippen LogP contribution in [0.1, 0.15) is 21.6 Å². The van der Waals surface area contributed by atoms with E-state index in [4.69, 9.17) is 5.26 Å². The summed E-state index contributed by atoms with van der Waals surface area (Å²) in [5, 5.41) is 13.5. The molecule has 0 N–H and O–H groups in total. The van der Waals surface area contributed by atoms with Crippen LogP contribution in [0.5, 0.6) is 0 Å². The number of rotatable bonds is 5. The molecule has 0 aliphatic rings. The standard InChI is InChI=1S/C20H17BrN4O/c1-15-19(13-23-25(15)18-9-7-17(21)8-10-18)20(26)24(12-11-22)14-16-5-3-2-4-6-16/h2-10,13H,12,14H2,1H3. The van der Waals surface area contributed by atoms with Crippen LogP contribution in [-0.2, 0) is 6.54 Å². The second-order valence-corrected chi connectivity index (χ2v) is 6.75. The molecule has 5 nitrogen and oxygen atoms in total. The quantitative estimate of drug-likeness (QED) is 0.596. The van der Waals surface area contributed by atoms with E-state index in [1.165, 1.54) is 4.90 Å². The zero-order chi connectivity index (χ0) is 18.5. The van der Waals surface area contributed by atoms with Crippen LogP contribution < -0.4 is 0 Å². The van der Waals surface area contributed by atoms with Crippen molar-refractivity contribution in [3.63, 3.8) is 0 Å². The van der Waals surface area contributed by atoms with Gasteiger partial charge in [0.15, 0.2) is 0 Å². The highest BCUT2D eigenvalue weighted by atomic mass is 79.9. The zero-order valence-electron chi connectivity index (χ0n) is 14.3. The number of carbonyl (C=O) groups excluding carboxylic acids is 1. The molecule has 1 aromatic heterocycles. The van der Waals surface area contributed by atoms with Gasteiger partial charge in [0.2, 0.25) is 0 Å². The number of hydrogen-bond acceptors (Lipinski definition) is 3. The third kappa shape index (κ3) is 3.84. The number of nitriles is 1. The smallest absolute Gasteiger partial charge is 0.258 e. The maximum atomic E-state index is 13.0. The third-order valence-corrected chi connectivity index (χ3v) is 4.61. The van der Waals surface area contributed by atoms with Crippen LogP contribution in [0.25, 0.3) is 5.69 Å². The summed E-state index contributed by atoms with van der Waals surface area (Å²) in [6.07, 6.45) is 1.56. The van der Waals surface area contributed by atoms with Gasteiger partial charge in [-0.2, -0.15) is 10.4 Å². The predicted molar refractivity (Wildman–Crippen MR) is 103 cm³/mol. The van der Waals surface area contributed by atoms with Gasteiger partial charge < -0.3 is 4.90 Å². The minimum Gasteiger partial charge on any atom is -0.321 e. The topological polar surface area (TPSA) is 61.9 Å². The molecule has 0 spiro atoms. The van der Waals surface area contributed by atoms with Gasteiger partial charge in [-0.25, -0.2) is 4.68 Å². The fourth-order valence-corrected chi connectivity index (χ4v) is 2.99. The second kappa shape index (κ2) is 7.98. The van der Waals surface area contributed by atoms with Crippen molar-refractivity contribution in [1.82, 2.24) is 14.7 Å². The van der Waals surface area contributed by atoms with E-state index in [1.54, 1.807) is 10.9 Å². The summed E-state index contributed by atoms with van der Waals surface area (Å²) in [5.41, 5.74) is 3.10. The number of carbonyl (C=O) groups is 1. The lowest BCUT2D eigenvalue weighted by Crippen LogP contribution is -2.31. The predicted octanol–water partition coefficient (Wildman–Crippen LogP) is 4.11. The summed E-state index contributed by atoms with van der Waals surface area (Å²) in [6, 6.07) is 19.4. The van der Waals surface area contributed by atoms with Crippen LogP contribution in [0.4, 0.5) is 0 Å².